The van der Waals surface area contributed by atoms with Gasteiger partial charge in [-0.1, -0.05) is 36.8 Å². The van der Waals surface area contributed by atoms with E-state index in [1.165, 1.54) is 0 Å². The summed E-state index contributed by atoms with van der Waals surface area (Å²) in [5.41, 5.74) is 10.0. The SMILES string of the molecule is Cc1c(CC(=O)c2cc(C3CC3)c(CN3CCCC[C@H]3C(=O)O)cn2)cccc1-c1cccc(NC(=O)c2cc(C3CC3)c(CC[C@H](CO)C(=O)O)cn2)c1C. The van der Waals surface area contributed by atoms with Crippen molar-refractivity contribution in [3.63, 3.8) is 0 Å². The van der Waals surface area contributed by atoms with E-state index in [1.54, 1.807) is 12.4 Å². The number of Topliss-reactive ketones (excluding diaryl/α,β-unsaturated/α-hetero) is 1. The maximum Gasteiger partial charge on any atom is 0.320 e. The number of ketones is 1. The number of piperidine rings is 1. The molecule has 0 unspecified atom stereocenters. The van der Waals surface area contributed by atoms with Crippen molar-refractivity contribution in [2.24, 2.45) is 5.92 Å². The van der Waals surface area contributed by atoms with Crippen molar-refractivity contribution >= 4 is 29.3 Å². The number of benzene rings is 2. The Labute approximate surface area is 327 Å². The van der Waals surface area contributed by atoms with Gasteiger partial charge in [0.25, 0.3) is 5.91 Å². The summed E-state index contributed by atoms with van der Waals surface area (Å²) < 4.78 is 0. The second kappa shape index (κ2) is 16.9. The molecule has 4 aromatic rings. The van der Waals surface area contributed by atoms with Gasteiger partial charge in [-0.05, 0) is 152 Å². The first-order valence-electron chi connectivity index (χ1n) is 19.8. The number of nitrogens with zero attached hydrogens (tertiary/aromatic N) is 3. The Bertz CT molecular complexity index is 2160. The minimum absolute atomic E-state index is 0.0722. The van der Waals surface area contributed by atoms with Crippen LogP contribution < -0.4 is 5.32 Å². The first-order valence-corrected chi connectivity index (χ1v) is 19.8. The number of carbonyl (C=O) groups excluding carboxylic acids is 2. The Hall–Kier alpha value is -5.26. The van der Waals surface area contributed by atoms with Crippen molar-refractivity contribution in [3.8, 4) is 11.1 Å². The monoisotopic (exact) mass is 758 g/mol. The number of nitrogens with one attached hydrogen (secondary N) is 1. The quantitative estimate of drug-likeness (QED) is 0.0854. The number of aryl methyl sites for hydroxylation is 1. The largest absolute Gasteiger partial charge is 0.481 e. The zero-order chi connectivity index (χ0) is 39.5. The number of aliphatic hydroxyl groups excluding tert-OH is 1. The second-order valence-corrected chi connectivity index (χ2v) is 15.8. The predicted molar refractivity (Wildman–Crippen MR) is 212 cm³/mol. The van der Waals surface area contributed by atoms with E-state index < -0.39 is 30.5 Å². The fourth-order valence-corrected chi connectivity index (χ4v) is 8.15. The first kappa shape index (κ1) is 39.0. The smallest absolute Gasteiger partial charge is 0.320 e. The van der Waals surface area contributed by atoms with Gasteiger partial charge < -0.3 is 20.6 Å². The van der Waals surface area contributed by atoms with Crippen LogP contribution in [0.15, 0.2) is 60.9 Å². The van der Waals surface area contributed by atoms with Crippen molar-refractivity contribution in [3.05, 3.63) is 111 Å². The van der Waals surface area contributed by atoms with Gasteiger partial charge in [0, 0.05) is 31.0 Å². The highest BCUT2D eigenvalue weighted by molar-refractivity contribution is 6.04. The maximum atomic E-state index is 13.8. The molecule has 2 atom stereocenters. The number of rotatable bonds is 16. The number of hydrogen-bond donors (Lipinski definition) is 4. The molecule has 0 bridgehead atoms. The van der Waals surface area contributed by atoms with Crippen molar-refractivity contribution in [1.82, 2.24) is 14.9 Å². The molecule has 3 aliphatic rings. The highest BCUT2D eigenvalue weighted by Crippen LogP contribution is 2.43. The topological polar surface area (TPSA) is 170 Å². The molecule has 1 amide bonds. The highest BCUT2D eigenvalue weighted by Gasteiger charge is 2.33. The molecule has 56 heavy (non-hydrogen) atoms. The summed E-state index contributed by atoms with van der Waals surface area (Å²) in [6.45, 7) is 4.81. The Morgan fingerprint density at radius 1 is 0.804 bits per heavy atom. The molecule has 2 aromatic carbocycles. The van der Waals surface area contributed by atoms with Gasteiger partial charge in [-0.3, -0.25) is 34.0 Å². The molecule has 3 fully saturated rings. The van der Waals surface area contributed by atoms with Gasteiger partial charge in [0.1, 0.15) is 17.4 Å². The van der Waals surface area contributed by atoms with Crippen LogP contribution in [0.5, 0.6) is 0 Å². The Morgan fingerprint density at radius 3 is 2.12 bits per heavy atom. The third kappa shape index (κ3) is 8.74. The number of pyridine rings is 2. The second-order valence-electron chi connectivity index (χ2n) is 15.8. The van der Waals surface area contributed by atoms with E-state index in [4.69, 9.17) is 0 Å². The van der Waals surface area contributed by atoms with Gasteiger partial charge in [-0.25, -0.2) is 0 Å². The maximum absolute atomic E-state index is 13.8. The lowest BCUT2D eigenvalue weighted by Gasteiger charge is -2.33. The lowest BCUT2D eigenvalue weighted by molar-refractivity contribution is -0.145. The van der Waals surface area contributed by atoms with E-state index >= 15 is 0 Å². The van der Waals surface area contributed by atoms with Crippen LogP contribution in [0, 0.1) is 19.8 Å². The van der Waals surface area contributed by atoms with Crippen LogP contribution in [-0.4, -0.2) is 73.0 Å². The van der Waals surface area contributed by atoms with E-state index in [9.17, 15) is 34.5 Å². The standard InChI is InChI=1S/C45H50N4O7/c1-26-30(19-42(51)39-20-37(29-14-15-29)33(23-46-39)24-49-18-4-3-11-41(49)45(55)56)7-5-8-34(26)35-9-6-10-38(27(35)2)48-43(52)40-21-36(28-12-13-28)31(22-47-40)16-17-32(25-50)44(53)54/h5-10,20-23,28-29,32,41,50H,3-4,11-19,24-25H2,1-2H3,(H,48,52)(H,53,54)(H,55,56)/t32-,41+/m1/s1. The first-order chi connectivity index (χ1) is 27.0. The number of aliphatic hydroxyl groups is 1. The van der Waals surface area contributed by atoms with Gasteiger partial charge >= 0.3 is 11.9 Å². The van der Waals surface area contributed by atoms with Crippen molar-refractivity contribution in [1.29, 1.82) is 0 Å². The van der Waals surface area contributed by atoms with Crippen LogP contribution in [0.4, 0.5) is 5.69 Å². The number of carboxylic acids is 2. The molecule has 3 heterocycles. The fraction of sp³-hybridized carbons (Fsp3) is 0.422. The summed E-state index contributed by atoms with van der Waals surface area (Å²) in [7, 11) is 0. The lowest BCUT2D eigenvalue weighted by atomic mass is 9.90. The Morgan fingerprint density at radius 2 is 1.45 bits per heavy atom. The molecule has 292 valence electrons. The van der Waals surface area contributed by atoms with Gasteiger partial charge in [0.2, 0.25) is 0 Å². The molecule has 11 heteroatoms. The lowest BCUT2D eigenvalue weighted by Crippen LogP contribution is -2.44. The number of likely N-dealkylation sites (tertiary alicyclic amines) is 1. The number of aliphatic carboxylic acids is 2. The molecular formula is C45H50N4O7. The number of carboxylic acid groups (broad SMARTS) is 2. The normalized spacial score (nSPS) is 17.7. The zero-order valence-corrected chi connectivity index (χ0v) is 32.1. The van der Waals surface area contributed by atoms with E-state index in [0.717, 1.165) is 95.1 Å². The van der Waals surface area contributed by atoms with Crippen LogP contribution in [0.1, 0.15) is 123 Å². The molecule has 11 nitrogen and oxygen atoms in total. The summed E-state index contributed by atoms with van der Waals surface area (Å²) >= 11 is 0. The Kier molecular flexibility index (Phi) is 11.7. The van der Waals surface area contributed by atoms with Crippen molar-refractivity contribution < 1.29 is 34.5 Å². The average Bonchev–Trinajstić information content (AvgIpc) is 4.12. The van der Waals surface area contributed by atoms with E-state index in [-0.39, 0.29) is 23.8 Å². The molecule has 2 aromatic heterocycles. The van der Waals surface area contributed by atoms with Crippen LogP contribution in [0.25, 0.3) is 11.1 Å². The molecule has 2 saturated carbocycles. The van der Waals surface area contributed by atoms with Crippen molar-refractivity contribution in [2.75, 3.05) is 18.5 Å². The third-order valence-electron chi connectivity index (χ3n) is 11.9. The number of hydrogen-bond acceptors (Lipinski definition) is 8. The number of carbonyl (C=O) groups is 4. The van der Waals surface area contributed by atoms with Crippen LogP contribution >= 0.6 is 0 Å². The van der Waals surface area contributed by atoms with Crippen LogP contribution in [-0.2, 0) is 29.0 Å². The van der Waals surface area contributed by atoms with Gasteiger partial charge in [0.05, 0.1) is 12.5 Å². The van der Waals surface area contributed by atoms with Gasteiger partial charge in [0.15, 0.2) is 5.78 Å². The number of amides is 1. The number of aromatic nitrogens is 2. The molecule has 4 N–H and O–H groups in total. The molecular weight excluding hydrogens is 709 g/mol. The molecule has 1 aliphatic heterocycles. The van der Waals surface area contributed by atoms with Gasteiger partial charge in [-0.15, -0.1) is 0 Å². The van der Waals surface area contributed by atoms with E-state index in [0.29, 0.717) is 49.0 Å². The fourth-order valence-electron chi connectivity index (χ4n) is 8.15. The summed E-state index contributed by atoms with van der Waals surface area (Å²) in [4.78, 5) is 61.8. The van der Waals surface area contributed by atoms with Crippen molar-refractivity contribution in [2.45, 2.75) is 102 Å². The summed E-state index contributed by atoms with van der Waals surface area (Å²) in [5.74, 6) is -2.37. The molecule has 7 rings (SSSR count). The molecule has 2 aliphatic carbocycles. The third-order valence-corrected chi connectivity index (χ3v) is 11.9. The highest BCUT2D eigenvalue weighted by atomic mass is 16.4. The molecule has 0 radical (unpaired) electrons. The van der Waals surface area contributed by atoms with E-state index in [2.05, 4.69) is 15.3 Å². The molecule has 0 spiro atoms. The summed E-state index contributed by atoms with van der Waals surface area (Å²) in [5, 5.41) is 31.7. The molecule has 1 saturated heterocycles. The van der Waals surface area contributed by atoms with Gasteiger partial charge in [-0.2, -0.15) is 0 Å². The van der Waals surface area contributed by atoms with Crippen LogP contribution in [0.2, 0.25) is 0 Å². The summed E-state index contributed by atoms with van der Waals surface area (Å²) in [6.07, 6.45) is 11.1. The zero-order valence-electron chi connectivity index (χ0n) is 32.1. The Balaban J connectivity index is 1.06. The van der Waals surface area contributed by atoms with E-state index in [1.807, 2.05) is 67.3 Å². The van der Waals surface area contributed by atoms with Crippen LogP contribution in [0.3, 0.4) is 0 Å². The number of anilines is 1. The summed E-state index contributed by atoms with van der Waals surface area (Å²) in [6, 6.07) is 15.0. The average molecular weight is 759 g/mol. The minimum Gasteiger partial charge on any atom is -0.481 e. The minimum atomic E-state index is -1.03. The predicted octanol–water partition coefficient (Wildman–Crippen LogP) is 7.26.